The number of carbonyl (C=O) groups is 2. The van der Waals surface area contributed by atoms with E-state index in [1.165, 1.54) is 66.7 Å². The molecule has 0 saturated carbocycles. The first-order valence-electron chi connectivity index (χ1n) is 25.8. The third kappa shape index (κ3) is 10.5. The molecule has 1 heterocycles. The van der Waals surface area contributed by atoms with E-state index in [1.807, 2.05) is 0 Å². The highest BCUT2D eigenvalue weighted by atomic mass is 32.2. The summed E-state index contributed by atoms with van der Waals surface area (Å²) in [5, 5.41) is 44.0. The zero-order chi connectivity index (χ0) is 62.6. The molecule has 0 amide bonds. The van der Waals surface area contributed by atoms with Crippen LogP contribution in [-0.2, 0) is 40.3 Å². The minimum absolute atomic E-state index is 0.0336. The summed E-state index contributed by atoms with van der Waals surface area (Å²) in [6, 6.07) is 25.5. The lowest BCUT2D eigenvalue weighted by molar-refractivity contribution is 0.0682. The molecule has 0 spiro atoms. The van der Waals surface area contributed by atoms with Gasteiger partial charge in [0.05, 0.1) is 32.2 Å². The molecule has 86 heavy (non-hydrogen) atoms. The van der Waals surface area contributed by atoms with Crippen LogP contribution in [0, 0.1) is 55.4 Å². The number of benzene rings is 9. The second-order valence-corrected chi connectivity index (χ2v) is 26.8. The Morgan fingerprint density at radius 3 is 1.40 bits per heavy atom. The van der Waals surface area contributed by atoms with Crippen LogP contribution in [0.5, 0.6) is 11.5 Å². The van der Waals surface area contributed by atoms with E-state index in [0.29, 0.717) is 55.9 Å². The Hall–Kier alpha value is -9.37. The molecule has 0 aromatic heterocycles. The van der Waals surface area contributed by atoms with Crippen molar-refractivity contribution in [3.05, 3.63) is 176 Å². The molecule has 442 valence electrons. The van der Waals surface area contributed by atoms with Crippen molar-refractivity contribution in [3.63, 3.8) is 0 Å². The maximum atomic E-state index is 14.2. The maximum Gasteiger partial charge on any atom is 0.339 e. The van der Waals surface area contributed by atoms with E-state index in [-0.39, 0.29) is 87.2 Å². The average Bonchev–Trinajstić information content (AvgIpc) is 1.14. The second-order valence-electron chi connectivity index (χ2n) is 20.7. The molecule has 8 aromatic carbocycles. The molecular formula is C61H52N4O17S4. The van der Waals surface area contributed by atoms with Crippen LogP contribution in [-0.4, -0.2) is 75.1 Å². The van der Waals surface area contributed by atoms with Crippen LogP contribution in [0.15, 0.2) is 144 Å². The summed E-state index contributed by atoms with van der Waals surface area (Å²) in [6.45, 7) is 13.4. The predicted molar refractivity (Wildman–Crippen MR) is 324 cm³/mol. The van der Waals surface area contributed by atoms with Crippen molar-refractivity contribution >= 4 is 113 Å². The van der Waals surface area contributed by atoms with Crippen molar-refractivity contribution in [1.29, 1.82) is 0 Å². The number of rotatable bonds is 14. The van der Waals surface area contributed by atoms with E-state index < -0.39 is 84.6 Å². The molecule has 8 aromatic rings. The molecule has 21 nitrogen and oxygen atoms in total. The van der Waals surface area contributed by atoms with E-state index in [9.17, 15) is 72.8 Å². The first-order chi connectivity index (χ1) is 40.2. The number of carboxylic acids is 2. The minimum Gasteiger partial charge on any atom is -0.507 e. The van der Waals surface area contributed by atoms with Crippen molar-refractivity contribution < 1.29 is 77.2 Å². The standard InChI is InChI=1S/C61H52N4O17S4/c1-28-32(5)58(64-83(72,73)51-17-11-13-36-21-43(60(68)69)47(66)24-41(36)51)33(6)29(2)56(28)62-38-19-20-39-49(23-38)82-50-27-46(54(86(79,80)81)26-45(50)55(39)40-15-9-10-16-53(40)85(76,77)78)63-57-30(3)34(7)59(35(8)31(57)4)65-84(74,75)52-18-12-14-37-22-44(61(70)71)48(67)25-42(37)52/h9-27,62,64-67H,1-8H3,(H,68,69)(H,70,71)(H,76,77,78)(H,79,80,81). The quantitative estimate of drug-likeness (QED) is 0.0361. The van der Waals surface area contributed by atoms with Crippen LogP contribution < -0.4 is 20.1 Å². The molecule has 1 aliphatic heterocycles. The summed E-state index contributed by atoms with van der Waals surface area (Å²) in [5.41, 5.74) is 4.49. The third-order valence-electron chi connectivity index (χ3n) is 15.7. The fraction of sp³-hybridized carbons (Fsp3) is 0.131. The van der Waals surface area contributed by atoms with Crippen LogP contribution in [0.1, 0.15) is 65.2 Å². The lowest BCUT2D eigenvalue weighted by atomic mass is 9.93. The van der Waals surface area contributed by atoms with Crippen molar-refractivity contribution in [1.82, 2.24) is 0 Å². The van der Waals surface area contributed by atoms with Gasteiger partial charge < -0.3 is 30.2 Å². The predicted octanol–water partition coefficient (Wildman–Crippen LogP) is 11.9. The molecule has 0 bridgehead atoms. The molecule has 9 N–H and O–H groups in total. The molecule has 10 rings (SSSR count). The van der Waals surface area contributed by atoms with Gasteiger partial charge in [-0.2, -0.15) is 16.8 Å². The van der Waals surface area contributed by atoms with Gasteiger partial charge in [0.1, 0.15) is 43.8 Å². The Morgan fingerprint density at radius 1 is 0.465 bits per heavy atom. The Kier molecular flexibility index (Phi) is 14.8. The van der Waals surface area contributed by atoms with Crippen LogP contribution in [0.25, 0.3) is 55.0 Å². The summed E-state index contributed by atoms with van der Waals surface area (Å²) >= 11 is 0. The molecule has 0 saturated heterocycles. The first-order valence-corrected chi connectivity index (χ1v) is 31.7. The summed E-state index contributed by atoms with van der Waals surface area (Å²) in [5.74, 6) is -4.15. The fourth-order valence-corrected chi connectivity index (χ4v) is 14.9. The maximum absolute atomic E-state index is 14.2. The highest BCUT2D eigenvalue weighted by Gasteiger charge is 2.30. The fourth-order valence-electron chi connectivity index (χ4n) is 10.8. The SMILES string of the molecule is Cc1c(C)c(NS(=O)(=O)c2cccc3cc(C(=O)O)c(O)cc23)c(C)c(C)c1N=c1cc2oc3cc(Nc4c(C)c(C)c(NS(=O)(=O)c5cccc6cc(C(=O)O)c(O)cc56)c(C)c4C)ccc3c(-c3ccccc3S(=O)(=O)O)c-2cc1S(=O)(=O)O. The summed E-state index contributed by atoms with van der Waals surface area (Å²) in [4.78, 5) is 26.5. The van der Waals surface area contributed by atoms with Crippen molar-refractivity contribution in [3.8, 4) is 33.9 Å². The van der Waals surface area contributed by atoms with Crippen LogP contribution >= 0.6 is 0 Å². The normalized spacial score (nSPS) is 12.6. The Morgan fingerprint density at radius 2 is 0.919 bits per heavy atom. The minimum atomic E-state index is -5.19. The summed E-state index contributed by atoms with van der Waals surface area (Å²) in [7, 11) is -19.0. The highest BCUT2D eigenvalue weighted by Crippen LogP contribution is 2.46. The van der Waals surface area contributed by atoms with Crippen LogP contribution in [0.4, 0.5) is 28.4 Å². The second kappa shape index (κ2) is 21.3. The van der Waals surface area contributed by atoms with Gasteiger partial charge >= 0.3 is 11.9 Å². The van der Waals surface area contributed by atoms with Gasteiger partial charge in [-0.15, -0.1) is 0 Å². The molecule has 1 aliphatic carbocycles. The van der Waals surface area contributed by atoms with Gasteiger partial charge in [-0.3, -0.25) is 18.5 Å². The van der Waals surface area contributed by atoms with Gasteiger partial charge in [0.25, 0.3) is 40.3 Å². The van der Waals surface area contributed by atoms with Gasteiger partial charge in [0.2, 0.25) is 0 Å². The molecule has 0 fully saturated rings. The van der Waals surface area contributed by atoms with Gasteiger partial charge in [-0.05, 0) is 171 Å². The van der Waals surface area contributed by atoms with E-state index in [2.05, 4.69) is 14.8 Å². The summed E-state index contributed by atoms with van der Waals surface area (Å²) in [6.07, 6.45) is 0. The van der Waals surface area contributed by atoms with Gasteiger partial charge in [-0.25, -0.2) is 31.4 Å². The monoisotopic (exact) mass is 1240 g/mol. The highest BCUT2D eigenvalue weighted by molar-refractivity contribution is 7.93. The molecule has 0 radical (unpaired) electrons. The molecule has 0 atom stereocenters. The average molecular weight is 1240 g/mol. The number of phenols is 2. The largest absolute Gasteiger partial charge is 0.507 e. The van der Waals surface area contributed by atoms with Crippen molar-refractivity contribution in [2.45, 2.75) is 75.0 Å². The van der Waals surface area contributed by atoms with Gasteiger partial charge in [-0.1, -0.05) is 42.5 Å². The number of sulfonamides is 2. The van der Waals surface area contributed by atoms with Crippen molar-refractivity contribution in [2.75, 3.05) is 14.8 Å². The Bertz CT molecular complexity index is 5140. The number of anilines is 4. The van der Waals surface area contributed by atoms with Crippen LogP contribution in [0.3, 0.4) is 0 Å². The van der Waals surface area contributed by atoms with E-state index >= 15 is 0 Å². The Labute approximate surface area is 492 Å². The number of aromatic hydroxyl groups is 2. The number of carboxylic acid groups (broad SMARTS) is 2. The smallest absolute Gasteiger partial charge is 0.339 e. The van der Waals surface area contributed by atoms with Crippen LogP contribution in [0.2, 0.25) is 0 Å². The number of nitrogens with zero attached hydrogens (tertiary/aromatic N) is 1. The van der Waals surface area contributed by atoms with Gasteiger partial charge in [0, 0.05) is 56.4 Å². The summed E-state index contributed by atoms with van der Waals surface area (Å²) < 4.78 is 143. The molecule has 0 unspecified atom stereocenters. The molecule has 2 aliphatic rings. The topological polar surface area (TPSA) is 354 Å². The number of hydrogen-bond donors (Lipinski definition) is 9. The zero-order valence-electron chi connectivity index (χ0n) is 46.7. The van der Waals surface area contributed by atoms with Crippen molar-refractivity contribution in [2.24, 2.45) is 4.99 Å². The first kappa shape index (κ1) is 59.8. The van der Waals surface area contributed by atoms with E-state index in [1.54, 1.807) is 73.6 Å². The Balaban J connectivity index is 1.10. The number of nitrogens with one attached hydrogen (secondary N) is 3. The third-order valence-corrected chi connectivity index (χ3v) is 20.3. The van der Waals surface area contributed by atoms with E-state index in [4.69, 9.17) is 9.41 Å². The number of hydrogen-bond acceptors (Lipinski definition) is 15. The molecule has 25 heteroatoms. The number of aromatic carboxylic acids is 2. The zero-order valence-corrected chi connectivity index (χ0v) is 50.0. The van der Waals surface area contributed by atoms with Gasteiger partial charge in [0.15, 0.2) is 0 Å². The lowest BCUT2D eigenvalue weighted by Crippen LogP contribution is -2.17. The number of fused-ring (bicyclic) bond motifs is 4. The van der Waals surface area contributed by atoms with E-state index in [0.717, 1.165) is 30.3 Å². The lowest BCUT2D eigenvalue weighted by Gasteiger charge is -2.23. The molecular weight excluding hydrogens is 1190 g/mol.